The molecule has 2 atom stereocenters. The zero-order valence-corrected chi connectivity index (χ0v) is 18.5. The zero-order valence-electron chi connectivity index (χ0n) is 18.5. The first-order valence-electron chi connectivity index (χ1n) is 11.6. The molecule has 2 fully saturated rings. The van der Waals surface area contributed by atoms with Crippen LogP contribution in [0.15, 0.2) is 30.9 Å². The Morgan fingerprint density at radius 3 is 2.45 bits per heavy atom. The Kier molecular flexibility index (Phi) is 8.14. The van der Waals surface area contributed by atoms with Crippen molar-refractivity contribution in [1.29, 1.82) is 0 Å². The molecule has 1 aromatic rings. The first-order valence-corrected chi connectivity index (χ1v) is 11.6. The Labute approximate surface area is 177 Å². The van der Waals surface area contributed by atoms with Gasteiger partial charge < -0.3 is 10.6 Å². The molecule has 0 aromatic heterocycles. The minimum atomic E-state index is -0.283. The molecule has 3 nitrogen and oxygen atoms in total. The van der Waals surface area contributed by atoms with E-state index in [0.717, 1.165) is 36.8 Å². The minimum absolute atomic E-state index is 0.244. The molecule has 1 saturated carbocycles. The Bertz CT molecular complexity index is 645. The lowest BCUT2D eigenvalue weighted by Crippen LogP contribution is -2.50. The summed E-state index contributed by atoms with van der Waals surface area (Å²) in [5, 5.41) is 0. The lowest BCUT2D eigenvalue weighted by Gasteiger charge is -2.42. The number of benzene rings is 1. The SMILES string of the molecule is C=CCC(CC(CC)c1ccc(N)c(F)c1)C1CCC(N2CCN(C)CC2)CC1. The van der Waals surface area contributed by atoms with Gasteiger partial charge in [0.15, 0.2) is 0 Å². The van der Waals surface area contributed by atoms with Crippen molar-refractivity contribution in [3.63, 3.8) is 0 Å². The van der Waals surface area contributed by atoms with Gasteiger partial charge in [0.1, 0.15) is 5.82 Å². The van der Waals surface area contributed by atoms with Crippen LogP contribution < -0.4 is 5.73 Å². The first-order chi connectivity index (χ1) is 14.0. The Morgan fingerprint density at radius 1 is 1.17 bits per heavy atom. The summed E-state index contributed by atoms with van der Waals surface area (Å²) in [6.45, 7) is 11.1. The number of piperazine rings is 1. The fourth-order valence-electron chi connectivity index (χ4n) is 5.52. The number of hydrogen-bond acceptors (Lipinski definition) is 3. The lowest BCUT2D eigenvalue weighted by molar-refractivity contribution is 0.0709. The van der Waals surface area contributed by atoms with Crippen LogP contribution in [0.5, 0.6) is 0 Å². The standard InChI is InChI=1S/C25H40FN3/c1-4-6-21(17-19(5-2)22-9-12-25(27)24(26)18-22)20-7-10-23(11-8-20)29-15-13-28(3)14-16-29/h4,9,12,18-21,23H,1,5-8,10-11,13-17,27H2,2-3H3. The van der Waals surface area contributed by atoms with E-state index in [4.69, 9.17) is 5.73 Å². The van der Waals surface area contributed by atoms with Crippen molar-refractivity contribution in [2.24, 2.45) is 11.8 Å². The van der Waals surface area contributed by atoms with Gasteiger partial charge in [-0.1, -0.05) is 19.1 Å². The van der Waals surface area contributed by atoms with Crippen molar-refractivity contribution in [3.8, 4) is 0 Å². The maximum atomic E-state index is 14.0. The largest absolute Gasteiger partial charge is 0.396 e. The van der Waals surface area contributed by atoms with Gasteiger partial charge in [-0.25, -0.2) is 4.39 Å². The van der Waals surface area contributed by atoms with E-state index >= 15 is 0 Å². The quantitative estimate of drug-likeness (QED) is 0.474. The van der Waals surface area contributed by atoms with Crippen LogP contribution in [-0.2, 0) is 0 Å². The smallest absolute Gasteiger partial charge is 0.146 e. The lowest BCUT2D eigenvalue weighted by atomic mass is 9.72. The van der Waals surface area contributed by atoms with Crippen molar-refractivity contribution in [3.05, 3.63) is 42.2 Å². The summed E-state index contributed by atoms with van der Waals surface area (Å²) >= 11 is 0. The summed E-state index contributed by atoms with van der Waals surface area (Å²) in [6, 6.07) is 6.16. The van der Waals surface area contributed by atoms with E-state index in [9.17, 15) is 4.39 Å². The number of nitrogens with two attached hydrogens (primary N) is 1. The summed E-state index contributed by atoms with van der Waals surface area (Å²) < 4.78 is 14.0. The number of anilines is 1. The summed E-state index contributed by atoms with van der Waals surface area (Å²) in [5.74, 6) is 1.52. The predicted molar refractivity (Wildman–Crippen MR) is 122 cm³/mol. The van der Waals surface area contributed by atoms with E-state index in [1.54, 1.807) is 12.1 Å². The molecule has 0 amide bonds. The van der Waals surface area contributed by atoms with E-state index in [1.165, 1.54) is 51.9 Å². The Balaban J connectivity index is 1.59. The molecule has 0 radical (unpaired) electrons. The van der Waals surface area contributed by atoms with Crippen LogP contribution in [-0.4, -0.2) is 49.1 Å². The highest BCUT2D eigenvalue weighted by Gasteiger charge is 2.32. The molecule has 0 spiro atoms. The summed E-state index contributed by atoms with van der Waals surface area (Å²) in [6.07, 6.45) is 10.6. The van der Waals surface area contributed by atoms with E-state index in [1.807, 2.05) is 6.07 Å². The van der Waals surface area contributed by atoms with Crippen molar-refractivity contribution in [2.45, 2.75) is 63.8 Å². The fraction of sp³-hybridized carbons (Fsp3) is 0.680. The highest BCUT2D eigenvalue weighted by molar-refractivity contribution is 5.42. The third-order valence-electron chi connectivity index (χ3n) is 7.51. The van der Waals surface area contributed by atoms with Crippen LogP contribution in [0.4, 0.5) is 10.1 Å². The average Bonchev–Trinajstić information content (AvgIpc) is 2.74. The fourth-order valence-corrected chi connectivity index (χ4v) is 5.52. The maximum absolute atomic E-state index is 14.0. The van der Waals surface area contributed by atoms with E-state index in [-0.39, 0.29) is 11.5 Å². The molecule has 4 heteroatoms. The highest BCUT2D eigenvalue weighted by atomic mass is 19.1. The monoisotopic (exact) mass is 401 g/mol. The summed E-state index contributed by atoms with van der Waals surface area (Å²) in [7, 11) is 2.23. The van der Waals surface area contributed by atoms with Gasteiger partial charge >= 0.3 is 0 Å². The van der Waals surface area contributed by atoms with Crippen LogP contribution in [0.2, 0.25) is 0 Å². The van der Waals surface area contributed by atoms with Gasteiger partial charge in [0.05, 0.1) is 5.69 Å². The zero-order chi connectivity index (χ0) is 20.8. The number of likely N-dealkylation sites (N-methyl/N-ethyl adjacent to an activating group) is 1. The Morgan fingerprint density at radius 2 is 1.86 bits per heavy atom. The molecule has 3 rings (SSSR count). The van der Waals surface area contributed by atoms with Gasteiger partial charge in [0.25, 0.3) is 0 Å². The first kappa shape index (κ1) is 22.3. The normalized spacial score (nSPS) is 26.2. The molecule has 1 heterocycles. The molecular formula is C25H40FN3. The van der Waals surface area contributed by atoms with Gasteiger partial charge in [0, 0.05) is 32.2 Å². The molecule has 2 aliphatic rings. The topological polar surface area (TPSA) is 32.5 Å². The molecule has 29 heavy (non-hydrogen) atoms. The summed E-state index contributed by atoms with van der Waals surface area (Å²) in [5.41, 5.74) is 7.02. The van der Waals surface area contributed by atoms with E-state index in [0.29, 0.717) is 11.8 Å². The van der Waals surface area contributed by atoms with Gasteiger partial charge in [-0.05, 0) is 87.4 Å². The number of halogens is 1. The number of rotatable bonds is 8. The van der Waals surface area contributed by atoms with Crippen molar-refractivity contribution in [2.75, 3.05) is 39.0 Å². The van der Waals surface area contributed by atoms with E-state index in [2.05, 4.69) is 36.4 Å². The third kappa shape index (κ3) is 5.82. The molecule has 2 N–H and O–H groups in total. The van der Waals surface area contributed by atoms with Gasteiger partial charge in [-0.15, -0.1) is 6.58 Å². The third-order valence-corrected chi connectivity index (χ3v) is 7.51. The van der Waals surface area contributed by atoms with E-state index < -0.39 is 0 Å². The number of hydrogen-bond donors (Lipinski definition) is 1. The summed E-state index contributed by atoms with van der Waals surface area (Å²) in [4.78, 5) is 5.16. The molecule has 1 aliphatic carbocycles. The molecular weight excluding hydrogens is 361 g/mol. The van der Waals surface area contributed by atoms with Gasteiger partial charge in [0.2, 0.25) is 0 Å². The minimum Gasteiger partial charge on any atom is -0.396 e. The molecule has 1 saturated heterocycles. The Hall–Kier alpha value is -1.39. The number of nitrogens with zero attached hydrogens (tertiary/aromatic N) is 2. The van der Waals surface area contributed by atoms with Crippen LogP contribution in [0.3, 0.4) is 0 Å². The van der Waals surface area contributed by atoms with Crippen molar-refractivity contribution >= 4 is 5.69 Å². The number of allylic oxidation sites excluding steroid dienone is 1. The second-order valence-electron chi connectivity index (χ2n) is 9.31. The second-order valence-corrected chi connectivity index (χ2v) is 9.31. The average molecular weight is 402 g/mol. The molecule has 2 unspecified atom stereocenters. The van der Waals surface area contributed by atoms with Gasteiger partial charge in [-0.3, -0.25) is 4.90 Å². The number of nitrogen functional groups attached to an aromatic ring is 1. The second kappa shape index (κ2) is 10.6. The molecule has 162 valence electrons. The van der Waals surface area contributed by atoms with Crippen LogP contribution in [0.25, 0.3) is 0 Å². The predicted octanol–water partition coefficient (Wildman–Crippen LogP) is 5.29. The van der Waals surface area contributed by atoms with Crippen molar-refractivity contribution in [1.82, 2.24) is 9.80 Å². The van der Waals surface area contributed by atoms with Gasteiger partial charge in [-0.2, -0.15) is 0 Å². The highest BCUT2D eigenvalue weighted by Crippen LogP contribution is 2.40. The van der Waals surface area contributed by atoms with Crippen LogP contribution >= 0.6 is 0 Å². The molecule has 1 aromatic carbocycles. The van der Waals surface area contributed by atoms with Crippen molar-refractivity contribution < 1.29 is 4.39 Å². The molecule has 1 aliphatic heterocycles. The van der Waals surface area contributed by atoms with Crippen LogP contribution in [0, 0.1) is 17.7 Å². The molecule has 0 bridgehead atoms. The maximum Gasteiger partial charge on any atom is 0.146 e. The van der Waals surface area contributed by atoms with Crippen LogP contribution in [0.1, 0.15) is 63.4 Å².